The van der Waals surface area contributed by atoms with Crippen molar-refractivity contribution >= 4 is 5.82 Å². The Morgan fingerprint density at radius 3 is 2.63 bits per heavy atom. The van der Waals surface area contributed by atoms with Crippen LogP contribution in [-0.2, 0) is 6.54 Å². The maximum Gasteiger partial charge on any atom is 0.147 e. The number of nitrogens with zero attached hydrogens (tertiary/aromatic N) is 3. The minimum absolute atomic E-state index is 0.102. The van der Waals surface area contributed by atoms with Crippen LogP contribution in [-0.4, -0.2) is 28.6 Å². The Hall–Kier alpha value is -1.16. The van der Waals surface area contributed by atoms with Crippen molar-refractivity contribution < 1.29 is 0 Å². The zero-order valence-corrected chi connectivity index (χ0v) is 12.8. The van der Waals surface area contributed by atoms with Gasteiger partial charge in [0, 0.05) is 31.4 Å². The molecule has 0 aliphatic heterocycles. The van der Waals surface area contributed by atoms with Crippen LogP contribution in [0.4, 0.5) is 5.82 Å². The highest BCUT2D eigenvalue weighted by molar-refractivity contribution is 5.37. The Bertz CT molecular complexity index is 420. The zero-order chi connectivity index (χ0) is 14.0. The summed E-state index contributed by atoms with van der Waals surface area (Å²) >= 11 is 0. The van der Waals surface area contributed by atoms with Crippen molar-refractivity contribution in [2.75, 3.05) is 11.9 Å². The number of aromatic nitrogens is 2. The minimum Gasteiger partial charge on any atom is -0.355 e. The fraction of sp³-hybridized carbons (Fsp3) is 0.733. The average Bonchev–Trinajstić information content (AvgIpc) is 3.18. The van der Waals surface area contributed by atoms with Crippen LogP contribution in [0.5, 0.6) is 0 Å². The highest BCUT2D eigenvalue weighted by Crippen LogP contribution is 2.35. The van der Waals surface area contributed by atoms with Gasteiger partial charge >= 0.3 is 0 Å². The van der Waals surface area contributed by atoms with Crippen LogP contribution in [0, 0.1) is 5.92 Å². The highest BCUT2D eigenvalue weighted by atomic mass is 15.2. The molecule has 0 radical (unpaired) electrons. The van der Waals surface area contributed by atoms with Crippen molar-refractivity contribution in [2.24, 2.45) is 5.92 Å². The van der Waals surface area contributed by atoms with E-state index in [0.29, 0.717) is 6.04 Å². The second kappa shape index (κ2) is 5.45. The van der Waals surface area contributed by atoms with E-state index in [1.165, 1.54) is 12.8 Å². The number of nitrogens with one attached hydrogen (secondary N) is 1. The van der Waals surface area contributed by atoms with Gasteiger partial charge < -0.3 is 10.2 Å². The summed E-state index contributed by atoms with van der Waals surface area (Å²) in [7, 11) is 2.12. The molecule has 0 saturated heterocycles. The predicted molar refractivity (Wildman–Crippen MR) is 79.2 cm³/mol. The van der Waals surface area contributed by atoms with E-state index in [4.69, 9.17) is 4.98 Å². The minimum atomic E-state index is 0.102. The fourth-order valence-electron chi connectivity index (χ4n) is 2.11. The second-order valence-corrected chi connectivity index (χ2v) is 6.66. The number of anilines is 1. The molecule has 1 saturated carbocycles. The molecule has 1 heterocycles. The van der Waals surface area contributed by atoms with Crippen molar-refractivity contribution in [3.05, 3.63) is 18.1 Å². The van der Waals surface area contributed by atoms with Crippen LogP contribution in [0.15, 0.2) is 12.4 Å². The highest BCUT2D eigenvalue weighted by Gasteiger charge is 2.31. The molecule has 2 rings (SSSR count). The number of hydrogen-bond acceptors (Lipinski definition) is 4. The molecule has 4 heteroatoms. The Balaban J connectivity index is 2.01. The van der Waals surface area contributed by atoms with E-state index in [2.05, 4.69) is 49.9 Å². The molecule has 19 heavy (non-hydrogen) atoms. The summed E-state index contributed by atoms with van der Waals surface area (Å²) in [6, 6.07) is 0.556. The molecule has 1 atom stereocenters. The van der Waals surface area contributed by atoms with Gasteiger partial charge in [-0.05, 0) is 46.5 Å². The molecular weight excluding hydrogens is 236 g/mol. The van der Waals surface area contributed by atoms with Crippen molar-refractivity contribution in [1.29, 1.82) is 0 Å². The van der Waals surface area contributed by atoms with E-state index < -0.39 is 0 Å². The molecule has 4 nitrogen and oxygen atoms in total. The maximum absolute atomic E-state index is 4.71. The lowest BCUT2D eigenvalue weighted by molar-refractivity contribution is 0.420. The van der Waals surface area contributed by atoms with E-state index in [1.807, 2.05) is 12.4 Å². The topological polar surface area (TPSA) is 41.1 Å². The van der Waals surface area contributed by atoms with Crippen LogP contribution in [0.3, 0.4) is 0 Å². The third kappa shape index (κ3) is 4.16. The monoisotopic (exact) mass is 262 g/mol. The third-order valence-electron chi connectivity index (χ3n) is 3.75. The van der Waals surface area contributed by atoms with Gasteiger partial charge in [0.1, 0.15) is 5.82 Å². The molecule has 1 aromatic rings. The van der Waals surface area contributed by atoms with Crippen molar-refractivity contribution in [2.45, 2.75) is 58.7 Å². The number of hydrogen-bond donors (Lipinski definition) is 1. The molecular formula is C15H26N4. The summed E-state index contributed by atoms with van der Waals surface area (Å²) in [5.74, 6) is 1.82. The predicted octanol–water partition coefficient (Wildman–Crippen LogP) is 2.60. The summed E-state index contributed by atoms with van der Waals surface area (Å²) in [5.41, 5.74) is 1.10. The molecule has 0 amide bonds. The van der Waals surface area contributed by atoms with Gasteiger partial charge in [-0.3, -0.25) is 4.98 Å². The van der Waals surface area contributed by atoms with E-state index >= 15 is 0 Å². The van der Waals surface area contributed by atoms with E-state index in [-0.39, 0.29) is 5.54 Å². The van der Waals surface area contributed by atoms with Crippen LogP contribution >= 0.6 is 0 Å². The standard InChI is InChI=1S/C15H26N4/c1-11(12-6-7-12)19(5)14-10-16-8-13(18-14)9-17-15(2,3)4/h8,10-12,17H,6-7,9H2,1-5H3. The van der Waals surface area contributed by atoms with Crippen molar-refractivity contribution in [3.8, 4) is 0 Å². The first-order valence-electron chi connectivity index (χ1n) is 7.15. The van der Waals surface area contributed by atoms with E-state index in [1.54, 1.807) is 0 Å². The zero-order valence-electron chi connectivity index (χ0n) is 12.8. The third-order valence-corrected chi connectivity index (χ3v) is 3.75. The molecule has 106 valence electrons. The SMILES string of the molecule is CC(C1CC1)N(C)c1cncc(CNC(C)(C)C)n1. The van der Waals surface area contributed by atoms with Crippen LogP contribution in [0.1, 0.15) is 46.2 Å². The van der Waals surface area contributed by atoms with Gasteiger partial charge in [-0.15, -0.1) is 0 Å². The normalized spacial score (nSPS) is 17.3. The molecule has 1 aromatic heterocycles. The van der Waals surface area contributed by atoms with Crippen LogP contribution in [0.25, 0.3) is 0 Å². The van der Waals surface area contributed by atoms with E-state index in [9.17, 15) is 0 Å². The molecule has 1 aliphatic rings. The largest absolute Gasteiger partial charge is 0.355 e. The summed E-state index contributed by atoms with van der Waals surface area (Å²) in [5, 5.41) is 3.45. The lowest BCUT2D eigenvalue weighted by Crippen LogP contribution is -2.36. The smallest absolute Gasteiger partial charge is 0.147 e. The van der Waals surface area contributed by atoms with Gasteiger partial charge in [0.25, 0.3) is 0 Å². The Morgan fingerprint density at radius 2 is 2.05 bits per heavy atom. The summed E-state index contributed by atoms with van der Waals surface area (Å²) in [6.45, 7) is 9.51. The molecule has 0 bridgehead atoms. The Kier molecular flexibility index (Phi) is 4.09. The molecule has 1 aliphatic carbocycles. The van der Waals surface area contributed by atoms with Gasteiger partial charge in [-0.25, -0.2) is 4.98 Å². The molecule has 1 fully saturated rings. The maximum atomic E-state index is 4.71. The quantitative estimate of drug-likeness (QED) is 0.885. The van der Waals surface area contributed by atoms with Gasteiger partial charge in [0.15, 0.2) is 0 Å². The number of rotatable bonds is 5. The first kappa shape index (κ1) is 14.3. The molecule has 1 unspecified atom stereocenters. The summed E-state index contributed by atoms with van der Waals surface area (Å²) < 4.78 is 0. The van der Waals surface area contributed by atoms with Gasteiger partial charge in [-0.1, -0.05) is 0 Å². The van der Waals surface area contributed by atoms with Gasteiger partial charge in [0.05, 0.1) is 11.9 Å². The van der Waals surface area contributed by atoms with Crippen molar-refractivity contribution in [3.63, 3.8) is 0 Å². The molecule has 0 spiro atoms. The first-order valence-corrected chi connectivity index (χ1v) is 7.15. The molecule has 0 aromatic carbocycles. The first-order chi connectivity index (χ1) is 8.87. The van der Waals surface area contributed by atoms with Crippen LogP contribution in [0.2, 0.25) is 0 Å². The van der Waals surface area contributed by atoms with Gasteiger partial charge in [-0.2, -0.15) is 0 Å². The summed E-state index contributed by atoms with van der Waals surface area (Å²) in [4.78, 5) is 11.3. The van der Waals surface area contributed by atoms with Crippen molar-refractivity contribution in [1.82, 2.24) is 15.3 Å². The lowest BCUT2D eigenvalue weighted by Gasteiger charge is -2.26. The summed E-state index contributed by atoms with van der Waals surface area (Å²) in [6.07, 6.45) is 6.41. The van der Waals surface area contributed by atoms with E-state index in [0.717, 1.165) is 24.0 Å². The van der Waals surface area contributed by atoms with Gasteiger partial charge in [0.2, 0.25) is 0 Å². The average molecular weight is 262 g/mol. The Morgan fingerprint density at radius 1 is 1.37 bits per heavy atom. The van der Waals surface area contributed by atoms with Crippen LogP contribution < -0.4 is 10.2 Å². The fourth-order valence-corrected chi connectivity index (χ4v) is 2.11. The Labute approximate surface area is 116 Å². The second-order valence-electron chi connectivity index (χ2n) is 6.66. The molecule has 1 N–H and O–H groups in total. The lowest BCUT2D eigenvalue weighted by atomic mass is 10.1.